The fraction of sp³-hybridized carbons (Fsp3) is 0.636. The van der Waals surface area contributed by atoms with Crippen molar-refractivity contribution < 1.29 is 0 Å². The number of hydrogen-bond acceptors (Lipinski definition) is 1. The van der Waals surface area contributed by atoms with Gasteiger partial charge in [-0.1, -0.05) is 0 Å². The lowest BCUT2D eigenvalue weighted by Gasteiger charge is -2.19. The lowest BCUT2D eigenvalue weighted by Crippen LogP contribution is -2.16. The molecule has 1 N–H and O–H groups in total. The Morgan fingerprint density at radius 3 is 1.92 bits per heavy atom. The van der Waals surface area contributed by atoms with Gasteiger partial charge in [0.15, 0.2) is 0 Å². The van der Waals surface area contributed by atoms with Crippen LogP contribution in [0.5, 0.6) is 0 Å². The maximum atomic E-state index is 3.64. The SMILES string of the molecule is C1CC2=C(C1)NC1=C(CCC1)C2. The first kappa shape index (κ1) is 6.76. The third-order valence-electron chi connectivity index (χ3n) is 3.39. The molecule has 1 heteroatoms. The zero-order valence-corrected chi connectivity index (χ0v) is 7.45. The summed E-state index contributed by atoms with van der Waals surface area (Å²) in [5, 5.41) is 3.64. The first-order chi connectivity index (χ1) is 5.93. The van der Waals surface area contributed by atoms with Crippen molar-refractivity contribution in [2.24, 2.45) is 0 Å². The summed E-state index contributed by atoms with van der Waals surface area (Å²) in [4.78, 5) is 0. The Bertz CT molecular complexity index is 229. The minimum atomic E-state index is 1.31. The molecule has 0 saturated carbocycles. The van der Waals surface area contributed by atoms with E-state index in [1.165, 1.54) is 44.9 Å². The van der Waals surface area contributed by atoms with Gasteiger partial charge in [-0.3, -0.25) is 0 Å². The number of allylic oxidation sites excluding steroid dienone is 4. The van der Waals surface area contributed by atoms with E-state index in [0.29, 0.717) is 0 Å². The summed E-state index contributed by atoms with van der Waals surface area (Å²) in [6, 6.07) is 0. The van der Waals surface area contributed by atoms with Crippen molar-refractivity contribution in [2.75, 3.05) is 0 Å². The standard InChI is InChI=1S/C11H15N/c1-3-8-7-9-4-2-6-11(9)12-10(8)5-1/h12H,1-7H2. The third kappa shape index (κ3) is 0.855. The Morgan fingerprint density at radius 2 is 1.33 bits per heavy atom. The number of nitrogens with one attached hydrogen (secondary N) is 1. The van der Waals surface area contributed by atoms with Crippen LogP contribution in [0.25, 0.3) is 0 Å². The van der Waals surface area contributed by atoms with Gasteiger partial charge in [-0.25, -0.2) is 0 Å². The zero-order valence-electron chi connectivity index (χ0n) is 7.45. The van der Waals surface area contributed by atoms with E-state index >= 15 is 0 Å². The predicted octanol–water partition coefficient (Wildman–Crippen LogP) is 2.86. The number of dihydropyridines is 1. The minimum absolute atomic E-state index is 1.31. The molecule has 0 bridgehead atoms. The number of rotatable bonds is 0. The number of hydrogen-bond donors (Lipinski definition) is 1. The molecule has 0 atom stereocenters. The van der Waals surface area contributed by atoms with Crippen LogP contribution in [0.4, 0.5) is 0 Å². The maximum absolute atomic E-state index is 3.64. The molecular formula is C11H15N. The van der Waals surface area contributed by atoms with E-state index in [1.807, 2.05) is 0 Å². The molecule has 1 aliphatic heterocycles. The van der Waals surface area contributed by atoms with Crippen LogP contribution in [0.1, 0.15) is 44.9 Å². The quantitative estimate of drug-likeness (QED) is 0.576. The molecule has 3 aliphatic rings. The van der Waals surface area contributed by atoms with Crippen LogP contribution in [0, 0.1) is 0 Å². The molecule has 3 rings (SSSR count). The second-order valence-electron chi connectivity index (χ2n) is 4.17. The Hall–Kier alpha value is -0.720. The van der Waals surface area contributed by atoms with Gasteiger partial charge in [0.05, 0.1) is 0 Å². The summed E-state index contributed by atoms with van der Waals surface area (Å²) in [5.41, 5.74) is 6.60. The van der Waals surface area contributed by atoms with Crippen molar-refractivity contribution in [3.63, 3.8) is 0 Å². The van der Waals surface area contributed by atoms with Crippen LogP contribution in [-0.2, 0) is 0 Å². The zero-order chi connectivity index (χ0) is 7.97. The highest BCUT2D eigenvalue weighted by molar-refractivity contribution is 5.36. The van der Waals surface area contributed by atoms with Crippen molar-refractivity contribution in [3.05, 3.63) is 22.5 Å². The van der Waals surface area contributed by atoms with E-state index in [4.69, 9.17) is 0 Å². The second-order valence-corrected chi connectivity index (χ2v) is 4.17. The molecule has 2 aliphatic carbocycles. The monoisotopic (exact) mass is 161 g/mol. The topological polar surface area (TPSA) is 12.0 Å². The Labute approximate surface area is 73.5 Å². The van der Waals surface area contributed by atoms with Crippen molar-refractivity contribution in [1.29, 1.82) is 0 Å². The van der Waals surface area contributed by atoms with Crippen LogP contribution in [0.2, 0.25) is 0 Å². The third-order valence-corrected chi connectivity index (χ3v) is 3.39. The van der Waals surface area contributed by atoms with E-state index in [0.717, 1.165) is 0 Å². The summed E-state index contributed by atoms with van der Waals surface area (Å²) in [7, 11) is 0. The van der Waals surface area contributed by atoms with Gasteiger partial charge >= 0.3 is 0 Å². The van der Waals surface area contributed by atoms with Crippen LogP contribution in [0.15, 0.2) is 22.5 Å². The van der Waals surface area contributed by atoms with Gasteiger partial charge in [-0.15, -0.1) is 0 Å². The maximum Gasteiger partial charge on any atom is 0.0143 e. The summed E-state index contributed by atoms with van der Waals surface area (Å²) in [6.45, 7) is 0. The van der Waals surface area contributed by atoms with Crippen LogP contribution in [0.3, 0.4) is 0 Å². The highest BCUT2D eigenvalue weighted by Crippen LogP contribution is 2.39. The van der Waals surface area contributed by atoms with Gasteiger partial charge in [0.25, 0.3) is 0 Å². The van der Waals surface area contributed by atoms with Gasteiger partial charge in [0, 0.05) is 11.4 Å². The average Bonchev–Trinajstić information content (AvgIpc) is 2.64. The van der Waals surface area contributed by atoms with Gasteiger partial charge in [0.1, 0.15) is 0 Å². The molecule has 0 aromatic rings. The molecule has 1 heterocycles. The van der Waals surface area contributed by atoms with Gasteiger partial charge < -0.3 is 5.32 Å². The van der Waals surface area contributed by atoms with Gasteiger partial charge in [-0.05, 0) is 56.1 Å². The largest absolute Gasteiger partial charge is 0.362 e. The van der Waals surface area contributed by atoms with Crippen molar-refractivity contribution in [1.82, 2.24) is 5.32 Å². The fourth-order valence-corrected chi connectivity index (χ4v) is 2.74. The lowest BCUT2D eigenvalue weighted by molar-refractivity contribution is 0.803. The smallest absolute Gasteiger partial charge is 0.0143 e. The Balaban J connectivity index is 1.90. The van der Waals surface area contributed by atoms with E-state index in [9.17, 15) is 0 Å². The molecular weight excluding hydrogens is 146 g/mol. The Morgan fingerprint density at radius 1 is 0.750 bits per heavy atom. The molecule has 1 nitrogen and oxygen atoms in total. The fourth-order valence-electron chi connectivity index (χ4n) is 2.74. The molecule has 12 heavy (non-hydrogen) atoms. The highest BCUT2D eigenvalue weighted by Gasteiger charge is 2.25. The van der Waals surface area contributed by atoms with Crippen LogP contribution in [-0.4, -0.2) is 0 Å². The van der Waals surface area contributed by atoms with E-state index in [2.05, 4.69) is 5.32 Å². The van der Waals surface area contributed by atoms with Crippen molar-refractivity contribution in [2.45, 2.75) is 44.9 Å². The molecule has 0 spiro atoms. The average molecular weight is 161 g/mol. The molecule has 0 amide bonds. The normalized spacial score (nSPS) is 27.3. The first-order valence-corrected chi connectivity index (χ1v) is 5.12. The van der Waals surface area contributed by atoms with Gasteiger partial charge in [-0.2, -0.15) is 0 Å². The molecule has 0 fully saturated rings. The van der Waals surface area contributed by atoms with Crippen LogP contribution >= 0.6 is 0 Å². The minimum Gasteiger partial charge on any atom is -0.362 e. The van der Waals surface area contributed by atoms with E-state index in [-0.39, 0.29) is 0 Å². The summed E-state index contributed by atoms with van der Waals surface area (Å²) in [6.07, 6.45) is 9.44. The van der Waals surface area contributed by atoms with Crippen molar-refractivity contribution in [3.8, 4) is 0 Å². The molecule has 0 unspecified atom stereocenters. The molecule has 0 radical (unpaired) electrons. The Kier molecular flexibility index (Phi) is 1.34. The first-order valence-electron chi connectivity index (χ1n) is 5.12. The molecule has 0 aromatic carbocycles. The highest BCUT2D eigenvalue weighted by atomic mass is 14.9. The van der Waals surface area contributed by atoms with Crippen LogP contribution < -0.4 is 5.32 Å². The van der Waals surface area contributed by atoms with Gasteiger partial charge in [0.2, 0.25) is 0 Å². The summed E-state index contributed by atoms with van der Waals surface area (Å²) in [5.74, 6) is 0. The lowest BCUT2D eigenvalue weighted by atomic mass is 10.00. The second kappa shape index (κ2) is 2.38. The summed E-state index contributed by atoms with van der Waals surface area (Å²) >= 11 is 0. The van der Waals surface area contributed by atoms with E-state index < -0.39 is 0 Å². The summed E-state index contributed by atoms with van der Waals surface area (Å²) < 4.78 is 0. The van der Waals surface area contributed by atoms with E-state index in [1.54, 1.807) is 22.5 Å². The molecule has 0 aromatic heterocycles. The van der Waals surface area contributed by atoms with Crippen molar-refractivity contribution >= 4 is 0 Å². The predicted molar refractivity (Wildman–Crippen MR) is 49.5 cm³/mol. The molecule has 64 valence electrons. The molecule has 0 saturated heterocycles.